The highest BCUT2D eigenvalue weighted by molar-refractivity contribution is 7.07. The number of hydrogen-bond donors (Lipinski definition) is 0. The van der Waals surface area contributed by atoms with Crippen molar-refractivity contribution in [3.8, 4) is 17.1 Å². The molecule has 0 radical (unpaired) electrons. The lowest BCUT2D eigenvalue weighted by Crippen LogP contribution is -2.38. The van der Waals surface area contributed by atoms with Gasteiger partial charge in [-0.2, -0.15) is 0 Å². The molecule has 0 spiro atoms. The van der Waals surface area contributed by atoms with E-state index in [1.54, 1.807) is 13.2 Å². The number of benzene rings is 3. The number of furan rings is 1. The molecule has 0 unspecified atom stereocenters. The summed E-state index contributed by atoms with van der Waals surface area (Å²) in [6.07, 6.45) is 3.52. The molecule has 1 aliphatic carbocycles. The van der Waals surface area contributed by atoms with Crippen LogP contribution < -0.4 is 19.6 Å². The summed E-state index contributed by atoms with van der Waals surface area (Å²) in [5, 5.41) is 0.639. The Labute approximate surface area is 233 Å². The Bertz CT molecular complexity index is 1960. The molecule has 0 N–H and O–H groups in total. The number of hydrogen-bond acceptors (Lipinski definition) is 5. The fourth-order valence-corrected chi connectivity index (χ4v) is 6.72. The van der Waals surface area contributed by atoms with E-state index in [1.165, 1.54) is 16.9 Å². The number of nitrogens with zero attached hydrogens (tertiary/aromatic N) is 2. The fraction of sp³-hybridized carbons (Fsp3) is 0.125. The van der Waals surface area contributed by atoms with E-state index in [9.17, 15) is 4.79 Å². The normalized spacial score (nSPS) is 16.4. The van der Waals surface area contributed by atoms with Gasteiger partial charge in [0, 0.05) is 27.8 Å². The van der Waals surface area contributed by atoms with Gasteiger partial charge in [0.25, 0.3) is 5.56 Å². The van der Waals surface area contributed by atoms with E-state index < -0.39 is 0 Å². The lowest BCUT2D eigenvalue weighted by Gasteiger charge is -2.31. The lowest BCUT2D eigenvalue weighted by molar-refractivity contribution is 0.402. The van der Waals surface area contributed by atoms with Crippen LogP contribution in [0.2, 0.25) is 5.02 Å². The second-order valence-corrected chi connectivity index (χ2v) is 11.0. The van der Waals surface area contributed by atoms with Gasteiger partial charge in [-0.1, -0.05) is 77.5 Å². The molecule has 0 fully saturated rings. The number of ether oxygens (including phenoxy) is 1. The Morgan fingerprint density at radius 2 is 1.87 bits per heavy atom. The first-order chi connectivity index (χ1) is 19.1. The number of aryl methyl sites for hydroxylation is 1. The number of fused-ring (bicyclic) bond motifs is 3. The van der Waals surface area contributed by atoms with Crippen molar-refractivity contribution in [3.63, 3.8) is 0 Å². The summed E-state index contributed by atoms with van der Waals surface area (Å²) in [5.41, 5.74) is 6.25. The van der Waals surface area contributed by atoms with E-state index in [-0.39, 0.29) is 11.6 Å². The van der Waals surface area contributed by atoms with Crippen molar-refractivity contribution >= 4 is 34.7 Å². The summed E-state index contributed by atoms with van der Waals surface area (Å²) >= 11 is 7.54. The van der Waals surface area contributed by atoms with Crippen LogP contribution in [0.25, 0.3) is 23.1 Å². The van der Waals surface area contributed by atoms with Crippen molar-refractivity contribution in [3.05, 3.63) is 138 Å². The number of thiazole rings is 1. The van der Waals surface area contributed by atoms with E-state index >= 15 is 0 Å². The minimum absolute atomic E-state index is 0.0965. The third-order valence-corrected chi connectivity index (χ3v) is 8.53. The summed E-state index contributed by atoms with van der Waals surface area (Å²) in [4.78, 5) is 19.7. The molecule has 1 atom stereocenters. The maximum absolute atomic E-state index is 14.0. The molecule has 2 aromatic heterocycles. The molecule has 0 saturated heterocycles. The molecule has 5 nitrogen and oxygen atoms in total. The van der Waals surface area contributed by atoms with E-state index in [0.29, 0.717) is 25.9 Å². The number of methoxy groups -OCH3 is 1. The first kappa shape index (κ1) is 23.9. The standard InChI is InChI=1S/C32H23ClN2O3S/c1-37-27-12-5-4-11-24(27)30-25-15-13-19-7-2-3-10-23(19)29(25)34-32-35(30)31(36)28(39-32)18-22-14-16-26(38-22)20-8-6-9-21(33)17-20/h2-12,14,16-18,30H,13,15H2,1H3/b28-18+/t30-/m0/s1. The van der Waals surface area contributed by atoms with Crippen LogP contribution in [0.5, 0.6) is 5.75 Å². The number of halogens is 1. The molecule has 7 heteroatoms. The maximum atomic E-state index is 14.0. The van der Waals surface area contributed by atoms with Crippen LogP contribution in [0.15, 0.2) is 105 Å². The monoisotopic (exact) mass is 550 g/mol. The molecular formula is C32H23ClN2O3S. The first-order valence-corrected chi connectivity index (χ1v) is 13.9. The zero-order valence-electron chi connectivity index (χ0n) is 21.1. The molecule has 192 valence electrons. The lowest BCUT2D eigenvalue weighted by atomic mass is 9.83. The molecule has 1 aliphatic heterocycles. The zero-order chi connectivity index (χ0) is 26.5. The van der Waals surface area contributed by atoms with Gasteiger partial charge in [0.2, 0.25) is 0 Å². The molecular weight excluding hydrogens is 528 g/mol. The van der Waals surface area contributed by atoms with Crippen molar-refractivity contribution in [2.75, 3.05) is 7.11 Å². The number of para-hydroxylation sites is 1. The van der Waals surface area contributed by atoms with Crippen LogP contribution in [0.3, 0.4) is 0 Å². The first-order valence-electron chi connectivity index (χ1n) is 12.7. The van der Waals surface area contributed by atoms with E-state index in [0.717, 1.165) is 46.6 Å². The van der Waals surface area contributed by atoms with Crippen LogP contribution in [-0.4, -0.2) is 11.7 Å². The number of aromatic nitrogens is 1. The average Bonchev–Trinajstić information content (AvgIpc) is 3.56. The highest BCUT2D eigenvalue weighted by atomic mass is 35.5. The Hall–Kier alpha value is -4.13. The van der Waals surface area contributed by atoms with Gasteiger partial charge in [0.15, 0.2) is 4.80 Å². The Morgan fingerprint density at radius 3 is 2.74 bits per heavy atom. The van der Waals surface area contributed by atoms with Gasteiger partial charge in [0.1, 0.15) is 17.3 Å². The zero-order valence-corrected chi connectivity index (χ0v) is 22.6. The summed E-state index contributed by atoms with van der Waals surface area (Å²) < 4.78 is 14.2. The van der Waals surface area contributed by atoms with E-state index in [1.807, 2.05) is 71.3 Å². The number of rotatable bonds is 4. The van der Waals surface area contributed by atoms with Crippen LogP contribution >= 0.6 is 22.9 Å². The van der Waals surface area contributed by atoms with Gasteiger partial charge in [0.05, 0.1) is 23.4 Å². The van der Waals surface area contributed by atoms with Crippen molar-refractivity contribution in [2.45, 2.75) is 18.9 Å². The molecule has 2 aliphatic rings. The molecule has 3 heterocycles. The molecule has 0 bridgehead atoms. The van der Waals surface area contributed by atoms with Gasteiger partial charge < -0.3 is 9.15 Å². The highest BCUT2D eigenvalue weighted by Gasteiger charge is 2.34. The predicted molar refractivity (Wildman–Crippen MR) is 155 cm³/mol. The Morgan fingerprint density at radius 1 is 1.03 bits per heavy atom. The molecule has 0 amide bonds. The molecule has 3 aromatic carbocycles. The highest BCUT2D eigenvalue weighted by Crippen LogP contribution is 2.43. The summed E-state index contributed by atoms with van der Waals surface area (Å²) in [5.74, 6) is 2.04. The second-order valence-electron chi connectivity index (χ2n) is 9.57. The molecule has 5 aromatic rings. The minimum Gasteiger partial charge on any atom is -0.496 e. The molecule has 0 saturated carbocycles. The summed E-state index contributed by atoms with van der Waals surface area (Å²) in [6.45, 7) is 0. The molecule has 39 heavy (non-hydrogen) atoms. The number of allylic oxidation sites excluding steroid dienone is 1. The smallest absolute Gasteiger partial charge is 0.271 e. The summed E-state index contributed by atoms with van der Waals surface area (Å²) in [7, 11) is 1.67. The van der Waals surface area contributed by atoms with E-state index in [2.05, 4.69) is 18.2 Å². The van der Waals surface area contributed by atoms with Gasteiger partial charge >= 0.3 is 0 Å². The fourth-order valence-electron chi connectivity index (χ4n) is 5.55. The molecule has 7 rings (SSSR count). The third kappa shape index (κ3) is 4.08. The van der Waals surface area contributed by atoms with E-state index in [4.69, 9.17) is 25.7 Å². The Balaban J connectivity index is 1.42. The second kappa shape index (κ2) is 9.56. The van der Waals surface area contributed by atoms with Crippen molar-refractivity contribution in [1.29, 1.82) is 0 Å². The third-order valence-electron chi connectivity index (χ3n) is 7.32. The quantitative estimate of drug-likeness (QED) is 0.266. The van der Waals surface area contributed by atoms with Crippen molar-refractivity contribution in [2.24, 2.45) is 4.99 Å². The predicted octanol–water partition coefficient (Wildman–Crippen LogP) is 6.24. The van der Waals surface area contributed by atoms with Crippen molar-refractivity contribution in [1.82, 2.24) is 4.57 Å². The minimum atomic E-state index is -0.304. The van der Waals surface area contributed by atoms with Gasteiger partial charge in [-0.05, 0) is 54.3 Å². The van der Waals surface area contributed by atoms with Crippen LogP contribution in [-0.2, 0) is 6.42 Å². The van der Waals surface area contributed by atoms with Gasteiger partial charge in [-0.15, -0.1) is 0 Å². The topological polar surface area (TPSA) is 56.7 Å². The van der Waals surface area contributed by atoms with Crippen LogP contribution in [0.1, 0.15) is 34.9 Å². The Kier molecular flexibility index (Phi) is 5.87. The van der Waals surface area contributed by atoms with Crippen LogP contribution in [0, 0.1) is 0 Å². The van der Waals surface area contributed by atoms with Gasteiger partial charge in [-0.25, -0.2) is 4.99 Å². The van der Waals surface area contributed by atoms with Crippen LogP contribution in [0.4, 0.5) is 0 Å². The largest absolute Gasteiger partial charge is 0.496 e. The van der Waals surface area contributed by atoms with Gasteiger partial charge in [-0.3, -0.25) is 9.36 Å². The van der Waals surface area contributed by atoms with Crippen molar-refractivity contribution < 1.29 is 9.15 Å². The maximum Gasteiger partial charge on any atom is 0.271 e. The SMILES string of the molecule is COc1ccccc1[C@H]1C2=C(N=c3s/c(=C/c4ccc(-c5cccc(Cl)c5)o4)c(=O)n31)c1ccccc1CC2. The average molecular weight is 551 g/mol. The summed E-state index contributed by atoms with van der Waals surface area (Å²) in [6, 6.07) is 27.3.